The molecule has 90 valence electrons. The van der Waals surface area contributed by atoms with Crippen molar-refractivity contribution < 1.29 is 0 Å². The summed E-state index contributed by atoms with van der Waals surface area (Å²) in [6.07, 6.45) is 3.48. The van der Waals surface area contributed by atoms with E-state index >= 15 is 0 Å². The Morgan fingerprint density at radius 1 is 1.17 bits per heavy atom. The molecule has 0 fully saturated rings. The zero-order valence-corrected chi connectivity index (χ0v) is 11.1. The summed E-state index contributed by atoms with van der Waals surface area (Å²) in [7, 11) is 0. The lowest BCUT2D eigenvalue weighted by Gasteiger charge is -2.05. The van der Waals surface area contributed by atoms with Crippen molar-refractivity contribution >= 4 is 32.8 Å². The van der Waals surface area contributed by atoms with Crippen LogP contribution in [0.4, 0.5) is 5.82 Å². The predicted molar refractivity (Wildman–Crippen MR) is 75.4 cm³/mol. The van der Waals surface area contributed by atoms with E-state index in [9.17, 15) is 0 Å². The molecule has 3 aromatic rings. The van der Waals surface area contributed by atoms with E-state index in [0.29, 0.717) is 0 Å². The molecule has 3 rings (SSSR count). The number of pyridine rings is 1. The number of aromatic nitrogens is 3. The number of anilines is 1. The fourth-order valence-electron chi connectivity index (χ4n) is 1.77. The van der Waals surface area contributed by atoms with E-state index in [1.807, 2.05) is 18.2 Å². The van der Waals surface area contributed by atoms with Crippen LogP contribution in [0.5, 0.6) is 0 Å². The summed E-state index contributed by atoms with van der Waals surface area (Å²) < 4.78 is 0.979. The average molecular weight is 303 g/mol. The van der Waals surface area contributed by atoms with E-state index in [1.54, 1.807) is 12.5 Å². The highest BCUT2D eigenvalue weighted by Crippen LogP contribution is 2.14. The minimum atomic E-state index is 0.740. The largest absolute Gasteiger partial charge is 0.366 e. The van der Waals surface area contributed by atoms with Crippen LogP contribution >= 0.6 is 15.9 Å². The predicted octanol–water partition coefficient (Wildman–Crippen LogP) is 3.33. The second-order valence-electron chi connectivity index (χ2n) is 3.97. The number of rotatable bonds is 3. The van der Waals surface area contributed by atoms with E-state index < -0.39 is 0 Å². The van der Waals surface area contributed by atoms with E-state index in [0.717, 1.165) is 27.9 Å². The number of nitrogens with one attached hydrogen (secondary N) is 2. The van der Waals surface area contributed by atoms with Crippen molar-refractivity contribution in [3.05, 3.63) is 52.9 Å². The number of fused-ring (bicyclic) bond motifs is 1. The van der Waals surface area contributed by atoms with Gasteiger partial charge in [-0.25, -0.2) is 9.97 Å². The third kappa shape index (κ3) is 2.36. The highest BCUT2D eigenvalue weighted by Gasteiger charge is 1.99. The lowest BCUT2D eigenvalue weighted by Crippen LogP contribution is -2.00. The number of benzene rings is 1. The molecule has 0 atom stereocenters. The first-order chi connectivity index (χ1) is 8.81. The van der Waals surface area contributed by atoms with Gasteiger partial charge in [0.05, 0.1) is 17.4 Å². The molecule has 0 radical (unpaired) electrons. The average Bonchev–Trinajstić information content (AvgIpc) is 2.85. The maximum atomic E-state index is 4.27. The molecular weight excluding hydrogens is 292 g/mol. The first-order valence-corrected chi connectivity index (χ1v) is 6.38. The summed E-state index contributed by atoms with van der Waals surface area (Å²) in [4.78, 5) is 11.6. The van der Waals surface area contributed by atoms with Gasteiger partial charge in [0, 0.05) is 17.2 Å². The van der Waals surface area contributed by atoms with Gasteiger partial charge in [-0.2, -0.15) is 0 Å². The highest BCUT2D eigenvalue weighted by molar-refractivity contribution is 9.10. The van der Waals surface area contributed by atoms with Crippen molar-refractivity contribution in [1.29, 1.82) is 0 Å². The molecule has 0 aliphatic carbocycles. The molecule has 0 aliphatic rings. The Labute approximate surface area is 113 Å². The molecule has 2 aromatic heterocycles. The Hall–Kier alpha value is -1.88. The van der Waals surface area contributed by atoms with Crippen molar-refractivity contribution in [3.8, 4) is 0 Å². The number of imidazole rings is 1. The van der Waals surface area contributed by atoms with Crippen LogP contribution in [0, 0.1) is 0 Å². The summed E-state index contributed by atoms with van der Waals surface area (Å²) in [5.41, 5.74) is 3.23. The van der Waals surface area contributed by atoms with Crippen molar-refractivity contribution in [2.75, 3.05) is 5.32 Å². The van der Waals surface area contributed by atoms with E-state index in [1.165, 1.54) is 5.56 Å². The third-order valence-corrected chi connectivity index (χ3v) is 3.15. The molecule has 0 bridgehead atoms. The van der Waals surface area contributed by atoms with Crippen LogP contribution in [-0.2, 0) is 6.54 Å². The number of hydrogen-bond donors (Lipinski definition) is 2. The van der Waals surface area contributed by atoms with Crippen molar-refractivity contribution in [2.24, 2.45) is 0 Å². The van der Waals surface area contributed by atoms with Gasteiger partial charge in [0.25, 0.3) is 0 Å². The zero-order valence-electron chi connectivity index (χ0n) is 9.52. The second kappa shape index (κ2) is 4.78. The fraction of sp³-hybridized carbons (Fsp3) is 0.0769. The van der Waals surface area contributed by atoms with E-state index in [4.69, 9.17) is 0 Å². The Morgan fingerprint density at radius 2 is 2.11 bits per heavy atom. The van der Waals surface area contributed by atoms with Crippen LogP contribution in [0.3, 0.4) is 0 Å². The van der Waals surface area contributed by atoms with Crippen LogP contribution in [-0.4, -0.2) is 15.0 Å². The van der Waals surface area contributed by atoms with Gasteiger partial charge in [-0.1, -0.05) is 6.07 Å². The number of nitrogens with zero attached hydrogens (tertiary/aromatic N) is 2. The fourth-order valence-corrected chi connectivity index (χ4v) is 2.00. The molecule has 0 aliphatic heterocycles. The quantitative estimate of drug-likeness (QED) is 0.780. The summed E-state index contributed by atoms with van der Waals surface area (Å²) in [5, 5.41) is 3.28. The molecule has 0 spiro atoms. The zero-order chi connectivity index (χ0) is 12.4. The van der Waals surface area contributed by atoms with Crippen LogP contribution in [0.15, 0.2) is 47.3 Å². The monoisotopic (exact) mass is 302 g/mol. The van der Waals surface area contributed by atoms with E-state index in [-0.39, 0.29) is 0 Å². The van der Waals surface area contributed by atoms with Crippen LogP contribution in [0.1, 0.15) is 5.56 Å². The lowest BCUT2D eigenvalue weighted by atomic mass is 10.2. The van der Waals surface area contributed by atoms with Crippen LogP contribution < -0.4 is 5.32 Å². The maximum Gasteiger partial charge on any atom is 0.126 e. The Kier molecular flexibility index (Phi) is 2.98. The molecule has 2 N–H and O–H groups in total. The minimum absolute atomic E-state index is 0.740. The van der Waals surface area contributed by atoms with E-state index in [2.05, 4.69) is 48.3 Å². The van der Waals surface area contributed by atoms with Crippen molar-refractivity contribution in [3.63, 3.8) is 0 Å². The van der Waals surface area contributed by atoms with Gasteiger partial charge in [0.15, 0.2) is 0 Å². The standard InChI is InChI=1S/C13H11BrN4/c14-10-2-4-13(16-7-10)15-6-9-1-3-11-12(5-9)18-8-17-11/h1-5,7-8H,6H2,(H,15,16)(H,17,18). The molecule has 0 unspecified atom stereocenters. The number of hydrogen-bond acceptors (Lipinski definition) is 3. The van der Waals surface area contributed by atoms with Gasteiger partial charge in [0.2, 0.25) is 0 Å². The molecule has 1 aromatic carbocycles. The Morgan fingerprint density at radius 3 is 2.94 bits per heavy atom. The molecule has 18 heavy (non-hydrogen) atoms. The molecule has 0 saturated heterocycles. The van der Waals surface area contributed by atoms with Gasteiger partial charge in [0.1, 0.15) is 5.82 Å². The molecule has 2 heterocycles. The molecule has 0 saturated carbocycles. The smallest absolute Gasteiger partial charge is 0.126 e. The summed E-state index contributed by atoms with van der Waals surface area (Å²) in [6.45, 7) is 0.740. The van der Waals surface area contributed by atoms with Crippen LogP contribution in [0.25, 0.3) is 11.0 Å². The van der Waals surface area contributed by atoms with Gasteiger partial charge in [-0.15, -0.1) is 0 Å². The first kappa shape index (κ1) is 11.2. The highest BCUT2D eigenvalue weighted by atomic mass is 79.9. The van der Waals surface area contributed by atoms with Gasteiger partial charge < -0.3 is 10.3 Å². The third-order valence-electron chi connectivity index (χ3n) is 2.69. The van der Waals surface area contributed by atoms with Crippen molar-refractivity contribution in [1.82, 2.24) is 15.0 Å². The molecule has 5 heteroatoms. The molecular formula is C13H11BrN4. The number of aromatic amines is 1. The maximum absolute atomic E-state index is 4.27. The van der Waals surface area contributed by atoms with Crippen LogP contribution in [0.2, 0.25) is 0 Å². The number of H-pyrrole nitrogens is 1. The number of halogens is 1. The topological polar surface area (TPSA) is 53.6 Å². The molecule has 0 amide bonds. The minimum Gasteiger partial charge on any atom is -0.366 e. The summed E-state index contributed by atoms with van der Waals surface area (Å²) >= 11 is 3.36. The Bertz CT molecular complexity index is 660. The Balaban J connectivity index is 1.74. The van der Waals surface area contributed by atoms with Crippen molar-refractivity contribution in [2.45, 2.75) is 6.54 Å². The summed E-state index contributed by atoms with van der Waals surface area (Å²) in [5.74, 6) is 0.864. The first-order valence-electron chi connectivity index (χ1n) is 5.59. The normalized spacial score (nSPS) is 10.7. The van der Waals surface area contributed by atoms with Gasteiger partial charge in [-0.3, -0.25) is 0 Å². The SMILES string of the molecule is Brc1ccc(NCc2ccc3nc[nH]c3c2)nc1. The van der Waals surface area contributed by atoms with Gasteiger partial charge in [-0.05, 0) is 45.8 Å². The second-order valence-corrected chi connectivity index (χ2v) is 4.88. The summed E-state index contributed by atoms with van der Waals surface area (Å²) in [6, 6.07) is 10.1. The van der Waals surface area contributed by atoms with Gasteiger partial charge >= 0.3 is 0 Å². The molecule has 4 nitrogen and oxygen atoms in total. The lowest BCUT2D eigenvalue weighted by molar-refractivity contribution is 1.11.